The van der Waals surface area contributed by atoms with Crippen LogP contribution in [0.2, 0.25) is 0 Å². The van der Waals surface area contributed by atoms with Crippen LogP contribution >= 0.6 is 0 Å². The van der Waals surface area contributed by atoms with Gasteiger partial charge in [-0.15, -0.1) is 0 Å². The van der Waals surface area contributed by atoms with Crippen LogP contribution in [0, 0.1) is 11.8 Å². The molecule has 4 nitrogen and oxygen atoms in total. The van der Waals surface area contributed by atoms with Gasteiger partial charge in [0.1, 0.15) is 5.78 Å². The van der Waals surface area contributed by atoms with Gasteiger partial charge < -0.3 is 15.0 Å². The Hall–Kier alpha value is -0.900. The third-order valence-corrected chi connectivity index (χ3v) is 4.64. The van der Waals surface area contributed by atoms with Gasteiger partial charge >= 0.3 is 0 Å². The van der Waals surface area contributed by atoms with Gasteiger partial charge in [-0.3, -0.25) is 4.79 Å². The number of hydrogen-bond donors (Lipinski definition) is 1. The first-order valence-electron chi connectivity index (χ1n) is 8.58. The van der Waals surface area contributed by atoms with Crippen LogP contribution in [-0.4, -0.2) is 42.8 Å². The first-order chi connectivity index (χ1) is 10.1. The lowest BCUT2D eigenvalue weighted by molar-refractivity contribution is -0.128. The molecule has 0 aromatic heterocycles. The van der Waals surface area contributed by atoms with Crippen molar-refractivity contribution < 1.29 is 9.59 Å². The largest absolute Gasteiger partial charge is 0.356 e. The predicted octanol–water partition coefficient (Wildman–Crippen LogP) is 2.62. The van der Waals surface area contributed by atoms with Crippen LogP contribution in [0.3, 0.4) is 0 Å². The van der Waals surface area contributed by atoms with E-state index in [2.05, 4.69) is 24.1 Å². The molecule has 0 aromatic rings. The van der Waals surface area contributed by atoms with Gasteiger partial charge in [0, 0.05) is 18.9 Å². The summed E-state index contributed by atoms with van der Waals surface area (Å²) >= 11 is 0. The standard InChI is InChI=1S/C17H32N2O2/c1-4-19(5-2)12-8-11-18-17(21)16-10-7-6-9-15(16)13-14(3)20/h15-16H,4-13H2,1-3H3,(H,18,21)/t15-,16-/m1/s1. The van der Waals surface area contributed by atoms with Crippen LogP contribution in [0.15, 0.2) is 0 Å². The maximum absolute atomic E-state index is 12.3. The third kappa shape index (κ3) is 6.60. The van der Waals surface area contributed by atoms with Crippen molar-refractivity contribution in [1.29, 1.82) is 0 Å². The van der Waals surface area contributed by atoms with Gasteiger partial charge in [0.2, 0.25) is 5.91 Å². The van der Waals surface area contributed by atoms with Crippen molar-refractivity contribution in [3.63, 3.8) is 0 Å². The number of carbonyl (C=O) groups is 2. The zero-order valence-corrected chi connectivity index (χ0v) is 14.0. The van der Waals surface area contributed by atoms with Crippen molar-refractivity contribution in [2.45, 2.75) is 59.3 Å². The maximum Gasteiger partial charge on any atom is 0.223 e. The highest BCUT2D eigenvalue weighted by atomic mass is 16.2. The Bertz CT molecular complexity index is 327. The van der Waals surface area contributed by atoms with Crippen LogP contribution in [0.5, 0.6) is 0 Å². The summed E-state index contributed by atoms with van der Waals surface area (Å²) < 4.78 is 0. The molecule has 0 unspecified atom stereocenters. The molecule has 1 rings (SSSR count). The van der Waals surface area contributed by atoms with Crippen molar-refractivity contribution >= 4 is 11.7 Å². The van der Waals surface area contributed by atoms with Gasteiger partial charge in [-0.1, -0.05) is 26.7 Å². The number of Topliss-reactive ketones (excluding diaryl/α,β-unsaturated/α-hetero) is 1. The van der Waals surface area contributed by atoms with Gasteiger partial charge in [0.25, 0.3) is 0 Å². The fourth-order valence-electron chi connectivity index (χ4n) is 3.35. The lowest BCUT2D eigenvalue weighted by atomic mass is 9.76. The fraction of sp³-hybridized carbons (Fsp3) is 0.882. The first-order valence-corrected chi connectivity index (χ1v) is 8.58. The second-order valence-corrected chi connectivity index (χ2v) is 6.23. The molecule has 1 aliphatic carbocycles. The molecule has 4 heteroatoms. The minimum atomic E-state index is 0.0519. The summed E-state index contributed by atoms with van der Waals surface area (Å²) in [5, 5.41) is 3.08. The van der Waals surface area contributed by atoms with Gasteiger partial charge in [-0.05, 0) is 51.7 Å². The molecule has 0 heterocycles. The lowest BCUT2D eigenvalue weighted by Gasteiger charge is -2.30. The number of rotatable bonds is 9. The van der Waals surface area contributed by atoms with Crippen molar-refractivity contribution in [2.75, 3.05) is 26.2 Å². The van der Waals surface area contributed by atoms with E-state index >= 15 is 0 Å². The number of nitrogens with zero attached hydrogens (tertiary/aromatic N) is 1. The number of nitrogens with one attached hydrogen (secondary N) is 1. The maximum atomic E-state index is 12.3. The van der Waals surface area contributed by atoms with Gasteiger partial charge in [0.15, 0.2) is 0 Å². The van der Waals surface area contributed by atoms with Gasteiger partial charge in [-0.2, -0.15) is 0 Å². The van der Waals surface area contributed by atoms with Crippen LogP contribution in [-0.2, 0) is 9.59 Å². The summed E-state index contributed by atoms with van der Waals surface area (Å²) in [7, 11) is 0. The summed E-state index contributed by atoms with van der Waals surface area (Å²) in [4.78, 5) is 26.0. The Morgan fingerprint density at radius 3 is 2.43 bits per heavy atom. The average molecular weight is 296 g/mol. The average Bonchev–Trinajstić information content (AvgIpc) is 2.47. The highest BCUT2D eigenvalue weighted by molar-refractivity contribution is 5.81. The summed E-state index contributed by atoms with van der Waals surface area (Å²) in [6.45, 7) is 9.87. The molecule has 122 valence electrons. The molecule has 1 aliphatic rings. The fourth-order valence-corrected chi connectivity index (χ4v) is 3.35. The molecular weight excluding hydrogens is 264 g/mol. The van der Waals surface area contributed by atoms with Gasteiger partial charge in [-0.25, -0.2) is 0 Å². The molecule has 2 atom stereocenters. The van der Waals surface area contributed by atoms with E-state index in [0.29, 0.717) is 6.42 Å². The van der Waals surface area contributed by atoms with Gasteiger partial charge in [0.05, 0.1) is 0 Å². The number of carbonyl (C=O) groups excluding carboxylic acids is 2. The summed E-state index contributed by atoms with van der Waals surface area (Å²) in [6.07, 6.45) is 5.81. The van der Waals surface area contributed by atoms with E-state index in [0.717, 1.165) is 58.3 Å². The second-order valence-electron chi connectivity index (χ2n) is 6.23. The van der Waals surface area contributed by atoms with E-state index < -0.39 is 0 Å². The molecule has 0 aromatic carbocycles. The SMILES string of the molecule is CCN(CC)CCCNC(=O)[C@@H]1CCCC[C@@H]1CC(C)=O. The molecule has 1 saturated carbocycles. The van der Waals surface area contributed by atoms with E-state index in [4.69, 9.17) is 0 Å². The lowest BCUT2D eigenvalue weighted by Crippen LogP contribution is -2.38. The molecule has 0 aliphatic heterocycles. The van der Waals surface area contributed by atoms with Crippen molar-refractivity contribution in [3.8, 4) is 0 Å². The van der Waals surface area contributed by atoms with E-state index in [1.807, 2.05) is 0 Å². The minimum absolute atomic E-state index is 0.0519. The van der Waals surface area contributed by atoms with Crippen LogP contribution < -0.4 is 5.32 Å². The van der Waals surface area contributed by atoms with E-state index in [1.54, 1.807) is 6.92 Å². The highest BCUT2D eigenvalue weighted by Gasteiger charge is 2.31. The Morgan fingerprint density at radius 1 is 1.14 bits per heavy atom. The van der Waals surface area contributed by atoms with E-state index in [9.17, 15) is 9.59 Å². The van der Waals surface area contributed by atoms with Crippen LogP contribution in [0.25, 0.3) is 0 Å². The Labute approximate surface area is 129 Å². The summed E-state index contributed by atoms with van der Waals surface area (Å²) in [6, 6.07) is 0. The molecular formula is C17H32N2O2. The molecule has 21 heavy (non-hydrogen) atoms. The zero-order valence-electron chi connectivity index (χ0n) is 14.0. The van der Waals surface area contributed by atoms with E-state index in [1.165, 1.54) is 0 Å². The number of hydrogen-bond acceptors (Lipinski definition) is 3. The highest BCUT2D eigenvalue weighted by Crippen LogP contribution is 2.32. The number of ketones is 1. The molecule has 0 bridgehead atoms. The smallest absolute Gasteiger partial charge is 0.223 e. The normalized spacial score (nSPS) is 22.3. The Balaban J connectivity index is 2.33. The molecule has 1 N–H and O–H groups in total. The Kier molecular flexibility index (Phi) is 8.58. The molecule has 1 amide bonds. The summed E-state index contributed by atoms with van der Waals surface area (Å²) in [5.74, 6) is 0.692. The van der Waals surface area contributed by atoms with Crippen LogP contribution in [0.1, 0.15) is 59.3 Å². The first kappa shape index (κ1) is 18.1. The summed E-state index contributed by atoms with van der Waals surface area (Å²) in [5.41, 5.74) is 0. The minimum Gasteiger partial charge on any atom is -0.356 e. The zero-order chi connectivity index (χ0) is 15.7. The van der Waals surface area contributed by atoms with Crippen molar-refractivity contribution in [2.24, 2.45) is 11.8 Å². The quantitative estimate of drug-likeness (QED) is 0.665. The van der Waals surface area contributed by atoms with Crippen molar-refractivity contribution in [3.05, 3.63) is 0 Å². The monoisotopic (exact) mass is 296 g/mol. The van der Waals surface area contributed by atoms with E-state index in [-0.39, 0.29) is 23.5 Å². The molecule has 1 fully saturated rings. The topological polar surface area (TPSA) is 49.4 Å². The van der Waals surface area contributed by atoms with Crippen molar-refractivity contribution in [1.82, 2.24) is 10.2 Å². The van der Waals surface area contributed by atoms with Crippen LogP contribution in [0.4, 0.5) is 0 Å². The second kappa shape index (κ2) is 9.93. The molecule has 0 radical (unpaired) electrons. The molecule has 0 spiro atoms. The number of amides is 1. The molecule has 0 saturated heterocycles. The predicted molar refractivity (Wildman–Crippen MR) is 86.2 cm³/mol. The Morgan fingerprint density at radius 2 is 1.81 bits per heavy atom. The third-order valence-electron chi connectivity index (χ3n) is 4.64.